The third kappa shape index (κ3) is 1.89. The van der Waals surface area contributed by atoms with Gasteiger partial charge in [-0.05, 0) is 31.6 Å². The van der Waals surface area contributed by atoms with Crippen LogP contribution in [-0.2, 0) is 0 Å². The maximum absolute atomic E-state index is 10.3. The van der Waals surface area contributed by atoms with Crippen LogP contribution in [0.5, 0.6) is 0 Å². The molecule has 2 aliphatic rings. The van der Waals surface area contributed by atoms with Gasteiger partial charge in [-0.3, -0.25) is 0 Å². The maximum Gasteiger partial charge on any atom is 0.0701 e. The molecule has 0 saturated heterocycles. The van der Waals surface area contributed by atoms with Crippen LogP contribution in [0.4, 0.5) is 0 Å². The molecule has 2 nitrogen and oxygen atoms in total. The van der Waals surface area contributed by atoms with Crippen LogP contribution in [0.2, 0.25) is 0 Å². The van der Waals surface area contributed by atoms with Crippen molar-refractivity contribution in [1.82, 2.24) is 0 Å². The molecule has 76 valence electrons. The summed E-state index contributed by atoms with van der Waals surface area (Å²) in [6.07, 6.45) is 8.20. The highest BCUT2D eigenvalue weighted by Crippen LogP contribution is 2.42. The molecular formula is C11H20O2. The summed E-state index contributed by atoms with van der Waals surface area (Å²) in [5, 5.41) is 19.8. The van der Waals surface area contributed by atoms with Crippen molar-refractivity contribution in [2.24, 2.45) is 5.92 Å². The minimum absolute atomic E-state index is 0.244. The van der Waals surface area contributed by atoms with E-state index in [1.54, 1.807) is 0 Å². The molecule has 0 aromatic carbocycles. The van der Waals surface area contributed by atoms with Crippen molar-refractivity contribution < 1.29 is 10.2 Å². The van der Waals surface area contributed by atoms with Crippen LogP contribution >= 0.6 is 0 Å². The first kappa shape index (κ1) is 9.47. The van der Waals surface area contributed by atoms with E-state index < -0.39 is 5.60 Å². The standard InChI is InChI=1S/C11H20O2/c12-10-6-7-11(13,8-10)9-4-2-1-3-5-9/h9-10,12-13H,1-8H2. The summed E-state index contributed by atoms with van der Waals surface area (Å²) in [6, 6.07) is 0. The number of aliphatic hydroxyl groups excluding tert-OH is 1. The van der Waals surface area contributed by atoms with Gasteiger partial charge in [0.15, 0.2) is 0 Å². The second-order valence-electron chi connectivity index (χ2n) is 4.84. The van der Waals surface area contributed by atoms with Gasteiger partial charge in [-0.1, -0.05) is 19.3 Å². The van der Waals surface area contributed by atoms with Gasteiger partial charge >= 0.3 is 0 Å². The van der Waals surface area contributed by atoms with Gasteiger partial charge in [-0.2, -0.15) is 0 Å². The summed E-state index contributed by atoms with van der Waals surface area (Å²) < 4.78 is 0. The summed E-state index contributed by atoms with van der Waals surface area (Å²) in [5.74, 6) is 0.471. The van der Waals surface area contributed by atoms with Crippen LogP contribution in [0.3, 0.4) is 0 Å². The van der Waals surface area contributed by atoms with E-state index in [0.717, 1.165) is 12.8 Å². The van der Waals surface area contributed by atoms with Crippen LogP contribution in [0, 0.1) is 5.92 Å². The molecular weight excluding hydrogens is 164 g/mol. The number of hydrogen-bond donors (Lipinski definition) is 2. The topological polar surface area (TPSA) is 40.5 Å². The summed E-state index contributed by atoms with van der Waals surface area (Å²) in [5.41, 5.74) is -0.514. The van der Waals surface area contributed by atoms with Crippen LogP contribution in [-0.4, -0.2) is 21.9 Å². The molecule has 0 aromatic heterocycles. The Hall–Kier alpha value is -0.0800. The Morgan fingerprint density at radius 2 is 1.69 bits per heavy atom. The average molecular weight is 184 g/mol. The highest BCUT2D eigenvalue weighted by molar-refractivity contribution is 4.95. The molecule has 2 aliphatic carbocycles. The molecule has 0 amide bonds. The zero-order chi connectivity index (χ0) is 9.31. The Morgan fingerprint density at radius 1 is 1.00 bits per heavy atom. The van der Waals surface area contributed by atoms with Gasteiger partial charge < -0.3 is 10.2 Å². The normalized spacial score (nSPS) is 42.5. The van der Waals surface area contributed by atoms with Crippen LogP contribution < -0.4 is 0 Å². The minimum Gasteiger partial charge on any atom is -0.393 e. The predicted octanol–water partition coefficient (Wildman–Crippen LogP) is 1.84. The lowest BCUT2D eigenvalue weighted by molar-refractivity contribution is -0.0356. The Morgan fingerprint density at radius 3 is 2.23 bits per heavy atom. The fourth-order valence-corrected chi connectivity index (χ4v) is 3.04. The molecule has 2 unspecified atom stereocenters. The van der Waals surface area contributed by atoms with Crippen LogP contribution in [0.25, 0.3) is 0 Å². The summed E-state index contributed by atoms with van der Waals surface area (Å²) >= 11 is 0. The monoisotopic (exact) mass is 184 g/mol. The van der Waals surface area contributed by atoms with E-state index in [0.29, 0.717) is 12.3 Å². The molecule has 0 heterocycles. The SMILES string of the molecule is OC1CCC(O)(C2CCCCC2)C1. The second-order valence-corrected chi connectivity index (χ2v) is 4.84. The highest BCUT2D eigenvalue weighted by Gasteiger charge is 2.42. The fourth-order valence-electron chi connectivity index (χ4n) is 3.04. The molecule has 0 aromatic rings. The van der Waals surface area contributed by atoms with Gasteiger partial charge in [-0.15, -0.1) is 0 Å². The van der Waals surface area contributed by atoms with Crippen molar-refractivity contribution in [3.8, 4) is 0 Å². The Labute approximate surface area is 80.0 Å². The van der Waals surface area contributed by atoms with E-state index in [1.807, 2.05) is 0 Å². The zero-order valence-electron chi connectivity index (χ0n) is 8.21. The molecule has 0 radical (unpaired) electrons. The van der Waals surface area contributed by atoms with Crippen molar-refractivity contribution >= 4 is 0 Å². The molecule has 2 atom stereocenters. The van der Waals surface area contributed by atoms with Crippen LogP contribution in [0.15, 0.2) is 0 Å². The van der Waals surface area contributed by atoms with Crippen molar-refractivity contribution in [1.29, 1.82) is 0 Å². The smallest absolute Gasteiger partial charge is 0.0701 e. The average Bonchev–Trinajstić information content (AvgIpc) is 2.49. The van der Waals surface area contributed by atoms with E-state index in [4.69, 9.17) is 0 Å². The fraction of sp³-hybridized carbons (Fsp3) is 1.00. The van der Waals surface area contributed by atoms with Crippen molar-refractivity contribution in [3.05, 3.63) is 0 Å². The van der Waals surface area contributed by atoms with E-state index in [1.165, 1.54) is 32.1 Å². The van der Waals surface area contributed by atoms with Crippen molar-refractivity contribution in [2.75, 3.05) is 0 Å². The molecule has 0 spiro atoms. The highest BCUT2D eigenvalue weighted by atomic mass is 16.3. The molecule has 13 heavy (non-hydrogen) atoms. The van der Waals surface area contributed by atoms with Crippen molar-refractivity contribution in [3.63, 3.8) is 0 Å². The Balaban J connectivity index is 1.97. The predicted molar refractivity (Wildman–Crippen MR) is 51.4 cm³/mol. The van der Waals surface area contributed by atoms with Gasteiger partial charge in [0.05, 0.1) is 11.7 Å². The number of hydrogen-bond acceptors (Lipinski definition) is 2. The van der Waals surface area contributed by atoms with E-state index in [-0.39, 0.29) is 6.10 Å². The molecule has 2 saturated carbocycles. The molecule has 2 fully saturated rings. The number of rotatable bonds is 1. The second kappa shape index (κ2) is 3.58. The first-order chi connectivity index (χ1) is 6.21. The first-order valence-electron chi connectivity index (χ1n) is 5.61. The quantitative estimate of drug-likeness (QED) is 0.653. The van der Waals surface area contributed by atoms with E-state index in [9.17, 15) is 10.2 Å². The lowest BCUT2D eigenvalue weighted by Crippen LogP contribution is -2.36. The largest absolute Gasteiger partial charge is 0.393 e. The van der Waals surface area contributed by atoms with Gasteiger partial charge in [0.1, 0.15) is 0 Å². The van der Waals surface area contributed by atoms with E-state index >= 15 is 0 Å². The lowest BCUT2D eigenvalue weighted by Gasteiger charge is -2.35. The van der Waals surface area contributed by atoms with Gasteiger partial charge in [-0.25, -0.2) is 0 Å². The Bertz CT molecular complexity index is 175. The summed E-state index contributed by atoms with van der Waals surface area (Å²) in [4.78, 5) is 0. The molecule has 2 N–H and O–H groups in total. The summed E-state index contributed by atoms with van der Waals surface area (Å²) in [6.45, 7) is 0. The molecule has 2 rings (SSSR count). The van der Waals surface area contributed by atoms with Gasteiger partial charge in [0.25, 0.3) is 0 Å². The van der Waals surface area contributed by atoms with E-state index in [2.05, 4.69) is 0 Å². The van der Waals surface area contributed by atoms with Crippen molar-refractivity contribution in [2.45, 2.75) is 63.1 Å². The molecule has 0 aliphatic heterocycles. The van der Waals surface area contributed by atoms with Crippen LogP contribution in [0.1, 0.15) is 51.4 Å². The summed E-state index contributed by atoms with van der Waals surface area (Å²) in [7, 11) is 0. The first-order valence-corrected chi connectivity index (χ1v) is 5.61. The van der Waals surface area contributed by atoms with Gasteiger partial charge in [0.2, 0.25) is 0 Å². The van der Waals surface area contributed by atoms with Gasteiger partial charge in [0, 0.05) is 6.42 Å². The molecule has 2 heteroatoms. The molecule has 0 bridgehead atoms. The third-order valence-corrected chi connectivity index (χ3v) is 3.86. The third-order valence-electron chi connectivity index (χ3n) is 3.86. The zero-order valence-corrected chi connectivity index (χ0v) is 8.21. The lowest BCUT2D eigenvalue weighted by atomic mass is 9.76. The Kier molecular flexibility index (Phi) is 2.61. The number of aliphatic hydroxyl groups is 2. The minimum atomic E-state index is -0.514. The maximum atomic E-state index is 10.3.